The quantitative estimate of drug-likeness (QED) is 0.542. The van der Waals surface area contributed by atoms with Crippen molar-refractivity contribution in [1.82, 2.24) is 5.32 Å². The van der Waals surface area contributed by atoms with Crippen LogP contribution in [0.4, 0.5) is 0 Å². The van der Waals surface area contributed by atoms with Gasteiger partial charge in [0.05, 0.1) is 19.3 Å². The van der Waals surface area contributed by atoms with E-state index in [1.54, 1.807) is 13.2 Å². The van der Waals surface area contributed by atoms with E-state index in [2.05, 4.69) is 11.9 Å². The van der Waals surface area contributed by atoms with Gasteiger partial charge in [-0.25, -0.2) is 0 Å². The molecule has 2 unspecified atom stereocenters. The van der Waals surface area contributed by atoms with Crippen LogP contribution in [0, 0.1) is 0 Å². The summed E-state index contributed by atoms with van der Waals surface area (Å²) in [6.07, 6.45) is 1.79. The van der Waals surface area contributed by atoms with Crippen LogP contribution in [-0.4, -0.2) is 37.5 Å². The first-order valence-electron chi connectivity index (χ1n) is 3.73. The van der Waals surface area contributed by atoms with Gasteiger partial charge in [0.2, 0.25) is 0 Å². The Balaban J connectivity index is 3.57. The van der Waals surface area contributed by atoms with E-state index in [0.29, 0.717) is 6.61 Å². The van der Waals surface area contributed by atoms with Crippen LogP contribution in [0.3, 0.4) is 0 Å². The fourth-order valence-corrected chi connectivity index (χ4v) is 0.795. The first-order chi connectivity index (χ1) is 5.24. The van der Waals surface area contributed by atoms with Gasteiger partial charge in [0.15, 0.2) is 0 Å². The monoisotopic (exact) mass is 159 g/mol. The van der Waals surface area contributed by atoms with E-state index in [0.717, 1.165) is 0 Å². The lowest BCUT2D eigenvalue weighted by atomic mass is 10.2. The predicted molar refractivity (Wildman–Crippen MR) is 45.5 cm³/mol. The van der Waals surface area contributed by atoms with Crippen LogP contribution >= 0.6 is 0 Å². The van der Waals surface area contributed by atoms with Gasteiger partial charge in [-0.1, -0.05) is 6.08 Å². The molecule has 2 atom stereocenters. The van der Waals surface area contributed by atoms with E-state index in [1.807, 2.05) is 6.92 Å². The Labute approximate surface area is 68.1 Å². The summed E-state index contributed by atoms with van der Waals surface area (Å²) in [4.78, 5) is 0. The molecule has 0 aromatic rings. The minimum atomic E-state index is 0.00741. The average molecular weight is 159 g/mol. The van der Waals surface area contributed by atoms with Crippen molar-refractivity contribution in [3.8, 4) is 0 Å². The normalized spacial score (nSPS) is 15.9. The van der Waals surface area contributed by atoms with Crippen molar-refractivity contribution in [1.29, 1.82) is 0 Å². The summed E-state index contributed by atoms with van der Waals surface area (Å²) in [6, 6.07) is 0.218. The molecule has 3 heteroatoms. The molecule has 0 fully saturated rings. The summed E-state index contributed by atoms with van der Waals surface area (Å²) in [5.41, 5.74) is 0. The topological polar surface area (TPSA) is 41.5 Å². The molecule has 0 aromatic heterocycles. The number of aliphatic hydroxyl groups is 1. The van der Waals surface area contributed by atoms with E-state index in [-0.39, 0.29) is 18.7 Å². The van der Waals surface area contributed by atoms with Crippen LogP contribution < -0.4 is 5.32 Å². The second-order valence-corrected chi connectivity index (χ2v) is 2.53. The highest BCUT2D eigenvalue weighted by Gasteiger charge is 2.07. The molecule has 0 rings (SSSR count). The molecule has 0 saturated carbocycles. The molecule has 11 heavy (non-hydrogen) atoms. The molecule has 0 aromatic carbocycles. The van der Waals surface area contributed by atoms with Crippen LogP contribution in [0.25, 0.3) is 0 Å². The Hall–Kier alpha value is -0.380. The third kappa shape index (κ3) is 4.95. The molecule has 0 aliphatic rings. The number of ether oxygens (including phenoxy) is 1. The summed E-state index contributed by atoms with van der Waals surface area (Å²) in [5.74, 6) is 0. The molecule has 0 saturated heterocycles. The fraction of sp³-hybridized carbons (Fsp3) is 0.750. The summed E-state index contributed by atoms with van der Waals surface area (Å²) >= 11 is 0. The van der Waals surface area contributed by atoms with E-state index < -0.39 is 0 Å². The molecule has 0 radical (unpaired) electrons. The molecule has 0 aliphatic heterocycles. The highest BCUT2D eigenvalue weighted by atomic mass is 16.5. The second kappa shape index (κ2) is 6.34. The Morgan fingerprint density at radius 1 is 1.73 bits per heavy atom. The highest BCUT2D eigenvalue weighted by Crippen LogP contribution is 1.88. The Morgan fingerprint density at radius 3 is 2.73 bits per heavy atom. The van der Waals surface area contributed by atoms with Crippen molar-refractivity contribution in [2.45, 2.75) is 19.0 Å². The van der Waals surface area contributed by atoms with Crippen molar-refractivity contribution in [2.24, 2.45) is 0 Å². The zero-order valence-electron chi connectivity index (χ0n) is 7.21. The Kier molecular flexibility index (Phi) is 6.12. The summed E-state index contributed by atoms with van der Waals surface area (Å²) in [6.45, 7) is 6.21. The van der Waals surface area contributed by atoms with Gasteiger partial charge in [0.1, 0.15) is 0 Å². The number of nitrogens with one attached hydrogen (secondary N) is 1. The van der Waals surface area contributed by atoms with E-state index >= 15 is 0 Å². The number of methoxy groups -OCH3 is 1. The molecule has 0 amide bonds. The first-order valence-corrected chi connectivity index (χ1v) is 3.73. The maximum absolute atomic E-state index is 8.82. The van der Waals surface area contributed by atoms with E-state index in [9.17, 15) is 0 Å². The van der Waals surface area contributed by atoms with Crippen molar-refractivity contribution in [3.05, 3.63) is 12.7 Å². The SMILES string of the molecule is C=CC(C)NC(CO)COC. The van der Waals surface area contributed by atoms with Gasteiger partial charge in [-0.3, -0.25) is 0 Å². The lowest BCUT2D eigenvalue weighted by Gasteiger charge is -2.18. The summed E-state index contributed by atoms with van der Waals surface area (Å²) in [5, 5.41) is 11.9. The summed E-state index contributed by atoms with van der Waals surface area (Å²) in [7, 11) is 1.61. The predicted octanol–water partition coefficient (Wildman–Crippen LogP) is 0.158. The molecule has 0 bridgehead atoms. The van der Waals surface area contributed by atoms with Gasteiger partial charge >= 0.3 is 0 Å². The molecule has 3 nitrogen and oxygen atoms in total. The van der Waals surface area contributed by atoms with Crippen LogP contribution in [-0.2, 0) is 4.74 Å². The van der Waals surface area contributed by atoms with Gasteiger partial charge in [-0.2, -0.15) is 0 Å². The third-order valence-electron chi connectivity index (χ3n) is 1.44. The maximum Gasteiger partial charge on any atom is 0.0638 e. The van der Waals surface area contributed by atoms with Gasteiger partial charge in [0, 0.05) is 13.2 Å². The number of rotatable bonds is 6. The van der Waals surface area contributed by atoms with Crippen LogP contribution in [0.5, 0.6) is 0 Å². The zero-order valence-corrected chi connectivity index (χ0v) is 7.21. The number of aliphatic hydroxyl groups excluding tert-OH is 1. The molecule has 0 spiro atoms. The standard InChI is InChI=1S/C8H17NO2/c1-4-7(2)9-8(5-10)6-11-3/h4,7-10H,1,5-6H2,2-3H3. The second-order valence-electron chi connectivity index (χ2n) is 2.53. The van der Waals surface area contributed by atoms with Gasteiger partial charge in [0.25, 0.3) is 0 Å². The van der Waals surface area contributed by atoms with Crippen molar-refractivity contribution in [3.63, 3.8) is 0 Å². The maximum atomic E-state index is 8.82. The Bertz CT molecular complexity index is 106. The largest absolute Gasteiger partial charge is 0.395 e. The number of hydrogen-bond acceptors (Lipinski definition) is 3. The first kappa shape index (κ1) is 10.6. The van der Waals surface area contributed by atoms with Gasteiger partial charge < -0.3 is 15.2 Å². The average Bonchev–Trinajstić information content (AvgIpc) is 2.03. The van der Waals surface area contributed by atoms with Crippen molar-refractivity contribution < 1.29 is 9.84 Å². The molecule has 2 N–H and O–H groups in total. The molecule has 0 aliphatic carbocycles. The number of hydrogen-bond donors (Lipinski definition) is 2. The zero-order chi connectivity index (χ0) is 8.69. The fourth-order valence-electron chi connectivity index (χ4n) is 0.795. The van der Waals surface area contributed by atoms with Crippen LogP contribution in [0.15, 0.2) is 12.7 Å². The Morgan fingerprint density at radius 2 is 2.36 bits per heavy atom. The molecular weight excluding hydrogens is 142 g/mol. The molecular formula is C8H17NO2. The smallest absolute Gasteiger partial charge is 0.0638 e. The lowest BCUT2D eigenvalue weighted by Crippen LogP contribution is -2.41. The van der Waals surface area contributed by atoms with Crippen LogP contribution in [0.2, 0.25) is 0 Å². The lowest BCUT2D eigenvalue weighted by molar-refractivity contribution is 0.126. The molecule has 66 valence electrons. The molecule has 0 heterocycles. The van der Waals surface area contributed by atoms with Gasteiger partial charge in [-0.15, -0.1) is 6.58 Å². The minimum Gasteiger partial charge on any atom is -0.395 e. The third-order valence-corrected chi connectivity index (χ3v) is 1.44. The van der Waals surface area contributed by atoms with Crippen LogP contribution in [0.1, 0.15) is 6.92 Å². The van der Waals surface area contributed by atoms with Crippen molar-refractivity contribution >= 4 is 0 Å². The van der Waals surface area contributed by atoms with E-state index in [1.165, 1.54) is 0 Å². The van der Waals surface area contributed by atoms with Crippen molar-refractivity contribution in [2.75, 3.05) is 20.3 Å². The highest BCUT2D eigenvalue weighted by molar-refractivity contribution is 4.84. The summed E-state index contributed by atoms with van der Waals surface area (Å²) < 4.78 is 4.88. The van der Waals surface area contributed by atoms with E-state index in [4.69, 9.17) is 9.84 Å². The van der Waals surface area contributed by atoms with Gasteiger partial charge in [-0.05, 0) is 6.92 Å². The minimum absolute atomic E-state index is 0.00741.